The first-order chi connectivity index (χ1) is 12.8. The molecular weight excluding hydrogens is 372 g/mol. The number of nitrogens with zero attached hydrogens (tertiary/aromatic N) is 1. The van der Waals surface area contributed by atoms with Gasteiger partial charge in [0.25, 0.3) is 0 Å². The molecule has 1 heterocycles. The molecule has 8 nitrogen and oxygen atoms in total. The van der Waals surface area contributed by atoms with Gasteiger partial charge in [-0.15, -0.1) is 0 Å². The van der Waals surface area contributed by atoms with Crippen molar-refractivity contribution in [1.82, 2.24) is 9.62 Å². The number of aliphatic carboxylic acids is 2. The van der Waals surface area contributed by atoms with Crippen LogP contribution < -0.4 is 5.32 Å². The number of benzene rings is 2. The fourth-order valence-electron chi connectivity index (χ4n) is 3.09. The Balaban J connectivity index is 1.95. The molecule has 0 radical (unpaired) electrons. The quantitative estimate of drug-likeness (QED) is 0.691. The summed E-state index contributed by atoms with van der Waals surface area (Å²) >= 11 is 0. The van der Waals surface area contributed by atoms with Gasteiger partial charge in [0.2, 0.25) is 10.0 Å². The van der Waals surface area contributed by atoms with E-state index in [1.54, 1.807) is 12.1 Å². The fourth-order valence-corrected chi connectivity index (χ4v) is 4.68. The number of carboxylic acids is 2. The largest absolute Gasteiger partial charge is 0.480 e. The number of hydrogen-bond acceptors (Lipinski definition) is 5. The predicted molar refractivity (Wildman–Crippen MR) is 96.6 cm³/mol. The summed E-state index contributed by atoms with van der Waals surface area (Å²) in [5.41, 5.74) is 1.73. The second-order valence-electron chi connectivity index (χ2n) is 6.06. The topological polar surface area (TPSA) is 124 Å². The molecule has 3 rings (SSSR count). The van der Waals surface area contributed by atoms with Crippen LogP contribution in [0.15, 0.2) is 59.5 Å². The lowest BCUT2D eigenvalue weighted by molar-refractivity contribution is -0.151. The molecule has 9 heteroatoms. The number of piperazine rings is 1. The highest BCUT2D eigenvalue weighted by molar-refractivity contribution is 7.89. The lowest BCUT2D eigenvalue weighted by Gasteiger charge is -2.36. The van der Waals surface area contributed by atoms with Crippen molar-refractivity contribution < 1.29 is 28.2 Å². The van der Waals surface area contributed by atoms with Crippen LogP contribution in [0.1, 0.15) is 0 Å². The maximum atomic E-state index is 13.0. The molecule has 0 spiro atoms. The van der Waals surface area contributed by atoms with E-state index in [2.05, 4.69) is 5.32 Å². The van der Waals surface area contributed by atoms with Crippen LogP contribution in [0, 0.1) is 0 Å². The third kappa shape index (κ3) is 3.70. The van der Waals surface area contributed by atoms with Gasteiger partial charge in [0, 0.05) is 13.1 Å². The molecule has 1 fully saturated rings. The molecule has 0 unspecified atom stereocenters. The minimum atomic E-state index is -4.17. The molecule has 2 atom stereocenters. The summed E-state index contributed by atoms with van der Waals surface area (Å²) in [7, 11) is -4.17. The van der Waals surface area contributed by atoms with Gasteiger partial charge in [-0.25, -0.2) is 8.42 Å². The lowest BCUT2D eigenvalue weighted by Crippen LogP contribution is -2.65. The van der Waals surface area contributed by atoms with Crippen molar-refractivity contribution in [3.05, 3.63) is 54.6 Å². The van der Waals surface area contributed by atoms with Crippen molar-refractivity contribution >= 4 is 22.0 Å². The van der Waals surface area contributed by atoms with Crippen molar-refractivity contribution in [1.29, 1.82) is 0 Å². The Labute approximate surface area is 156 Å². The molecular formula is C18H18N2O6S. The van der Waals surface area contributed by atoms with Gasteiger partial charge in [0.1, 0.15) is 12.1 Å². The molecule has 142 valence electrons. The Morgan fingerprint density at radius 3 is 2.07 bits per heavy atom. The SMILES string of the molecule is O=C(O)[C@H]1NCCN(S(=O)(=O)c2ccc(-c3ccccc3)cc2)[C@H]1C(=O)O. The Kier molecular flexibility index (Phi) is 5.26. The Morgan fingerprint density at radius 2 is 1.52 bits per heavy atom. The van der Waals surface area contributed by atoms with E-state index in [0.29, 0.717) is 0 Å². The van der Waals surface area contributed by atoms with Crippen molar-refractivity contribution in [3.63, 3.8) is 0 Å². The van der Waals surface area contributed by atoms with Gasteiger partial charge < -0.3 is 15.5 Å². The molecule has 0 aliphatic carbocycles. The van der Waals surface area contributed by atoms with E-state index in [1.807, 2.05) is 30.3 Å². The highest BCUT2D eigenvalue weighted by Crippen LogP contribution is 2.25. The Morgan fingerprint density at radius 1 is 0.926 bits per heavy atom. The van der Waals surface area contributed by atoms with Gasteiger partial charge in [0.05, 0.1) is 4.90 Å². The van der Waals surface area contributed by atoms with Gasteiger partial charge >= 0.3 is 11.9 Å². The predicted octanol–water partition coefficient (Wildman–Crippen LogP) is 0.854. The van der Waals surface area contributed by atoms with Crippen molar-refractivity contribution in [2.45, 2.75) is 17.0 Å². The molecule has 3 N–H and O–H groups in total. The molecule has 0 saturated carbocycles. The van der Waals surface area contributed by atoms with Crippen molar-refractivity contribution in [2.75, 3.05) is 13.1 Å². The second kappa shape index (κ2) is 7.47. The number of nitrogens with one attached hydrogen (secondary N) is 1. The summed E-state index contributed by atoms with van der Waals surface area (Å²) in [5, 5.41) is 21.2. The number of rotatable bonds is 5. The smallest absolute Gasteiger partial charge is 0.324 e. The molecule has 0 amide bonds. The standard InChI is InChI=1S/C18H18N2O6S/c21-17(22)15-16(18(23)24)20(11-10-19-15)27(25,26)14-8-6-13(7-9-14)12-4-2-1-3-5-12/h1-9,15-16,19H,10-11H2,(H,21,22)(H,23,24)/t15-,16+/m0/s1. The Hall–Kier alpha value is -2.75. The summed E-state index contributed by atoms with van der Waals surface area (Å²) in [4.78, 5) is 22.8. The highest BCUT2D eigenvalue weighted by Gasteiger charge is 2.46. The van der Waals surface area contributed by atoms with Crippen LogP contribution in [0.4, 0.5) is 0 Å². The van der Waals surface area contributed by atoms with Crippen molar-refractivity contribution in [3.8, 4) is 11.1 Å². The summed E-state index contributed by atoms with van der Waals surface area (Å²) in [6, 6.07) is 12.2. The van der Waals surface area contributed by atoms with E-state index in [0.717, 1.165) is 15.4 Å². The highest BCUT2D eigenvalue weighted by atomic mass is 32.2. The van der Waals surface area contributed by atoms with Crippen LogP contribution in [0.25, 0.3) is 11.1 Å². The molecule has 1 aliphatic heterocycles. The zero-order chi connectivity index (χ0) is 19.6. The number of hydrogen-bond donors (Lipinski definition) is 3. The second-order valence-corrected chi connectivity index (χ2v) is 7.95. The number of carbonyl (C=O) groups is 2. The summed E-state index contributed by atoms with van der Waals surface area (Å²) in [5.74, 6) is -2.93. The van der Waals surface area contributed by atoms with Crippen LogP contribution in [0.3, 0.4) is 0 Å². The number of carboxylic acid groups (broad SMARTS) is 2. The van der Waals surface area contributed by atoms with Gasteiger partial charge in [-0.3, -0.25) is 9.59 Å². The van der Waals surface area contributed by atoms with Crippen LogP contribution in [-0.4, -0.2) is 60.0 Å². The zero-order valence-corrected chi connectivity index (χ0v) is 15.0. The first-order valence-electron chi connectivity index (χ1n) is 8.18. The molecule has 2 aromatic rings. The molecule has 0 bridgehead atoms. The third-order valence-corrected chi connectivity index (χ3v) is 6.30. The molecule has 0 aromatic heterocycles. The summed E-state index contributed by atoms with van der Waals surface area (Å²) < 4.78 is 26.7. The van der Waals surface area contributed by atoms with E-state index < -0.39 is 34.0 Å². The molecule has 2 aromatic carbocycles. The molecule has 1 aliphatic rings. The van der Waals surface area contributed by atoms with E-state index >= 15 is 0 Å². The van der Waals surface area contributed by atoms with Gasteiger partial charge in [0.15, 0.2) is 0 Å². The summed E-state index contributed by atoms with van der Waals surface area (Å²) in [6.07, 6.45) is 0. The number of sulfonamides is 1. The van der Waals surface area contributed by atoms with Gasteiger partial charge in [-0.2, -0.15) is 4.31 Å². The Bertz CT molecular complexity index is 944. The maximum absolute atomic E-state index is 13.0. The molecule has 27 heavy (non-hydrogen) atoms. The van der Waals surface area contributed by atoms with E-state index in [-0.39, 0.29) is 18.0 Å². The van der Waals surface area contributed by atoms with Gasteiger partial charge in [-0.05, 0) is 23.3 Å². The van der Waals surface area contributed by atoms with E-state index in [4.69, 9.17) is 0 Å². The van der Waals surface area contributed by atoms with Crippen LogP contribution in [0.5, 0.6) is 0 Å². The monoisotopic (exact) mass is 390 g/mol. The van der Waals surface area contributed by atoms with Crippen molar-refractivity contribution in [2.24, 2.45) is 0 Å². The minimum Gasteiger partial charge on any atom is -0.480 e. The first-order valence-corrected chi connectivity index (χ1v) is 9.62. The fraction of sp³-hybridized carbons (Fsp3) is 0.222. The lowest BCUT2D eigenvalue weighted by atomic mass is 10.1. The normalized spacial score (nSPS) is 20.9. The first kappa shape index (κ1) is 19.0. The van der Waals surface area contributed by atoms with E-state index in [1.165, 1.54) is 12.1 Å². The average Bonchev–Trinajstić information content (AvgIpc) is 2.68. The van der Waals surface area contributed by atoms with Crippen LogP contribution in [-0.2, 0) is 19.6 Å². The van der Waals surface area contributed by atoms with Crippen LogP contribution >= 0.6 is 0 Å². The zero-order valence-electron chi connectivity index (χ0n) is 14.1. The minimum absolute atomic E-state index is 0.0437. The average molecular weight is 390 g/mol. The molecule has 1 saturated heterocycles. The van der Waals surface area contributed by atoms with Crippen LogP contribution in [0.2, 0.25) is 0 Å². The summed E-state index contributed by atoms with van der Waals surface area (Å²) in [6.45, 7) is -0.0917. The van der Waals surface area contributed by atoms with Gasteiger partial charge in [-0.1, -0.05) is 42.5 Å². The van der Waals surface area contributed by atoms with E-state index in [9.17, 15) is 28.2 Å². The maximum Gasteiger partial charge on any atom is 0.324 e. The third-order valence-electron chi connectivity index (χ3n) is 4.41.